The molecule has 29 heavy (non-hydrogen) atoms. The number of urea groups is 1. The third-order valence-corrected chi connectivity index (χ3v) is 4.67. The van der Waals surface area contributed by atoms with Gasteiger partial charge in [-0.2, -0.15) is 5.06 Å². The third-order valence-electron chi connectivity index (χ3n) is 4.67. The monoisotopic (exact) mass is 383 g/mol. The highest BCUT2D eigenvalue weighted by atomic mass is 16.7. The number of aryl methyl sites for hydroxylation is 1. The Balaban J connectivity index is 1.46. The van der Waals surface area contributed by atoms with Crippen molar-refractivity contribution >= 4 is 11.7 Å². The summed E-state index contributed by atoms with van der Waals surface area (Å²) in [5.41, 5.74) is 4.35. The first-order valence-electron chi connectivity index (χ1n) is 9.52. The second-order valence-electron chi connectivity index (χ2n) is 6.82. The van der Waals surface area contributed by atoms with Crippen LogP contribution in [0.2, 0.25) is 0 Å². The minimum Gasteiger partial charge on any atom is -0.306 e. The van der Waals surface area contributed by atoms with Crippen LogP contribution in [0.1, 0.15) is 34.8 Å². The van der Waals surface area contributed by atoms with Crippen molar-refractivity contribution in [2.24, 2.45) is 0 Å². The summed E-state index contributed by atoms with van der Waals surface area (Å²) < 4.78 is 0. The van der Waals surface area contributed by atoms with Crippen LogP contribution in [0.3, 0.4) is 0 Å². The Morgan fingerprint density at radius 2 is 1.90 bits per heavy atom. The van der Waals surface area contributed by atoms with Crippen molar-refractivity contribution in [1.82, 2.24) is 10.0 Å². The van der Waals surface area contributed by atoms with E-state index in [0.29, 0.717) is 12.3 Å². The fourth-order valence-corrected chi connectivity index (χ4v) is 3.19. The number of carbonyl (C=O) groups is 1. The van der Waals surface area contributed by atoms with Gasteiger partial charge in [-0.05, 0) is 42.8 Å². The molecule has 1 saturated heterocycles. The lowest BCUT2D eigenvalue weighted by atomic mass is 10.1. The highest BCUT2D eigenvalue weighted by Crippen LogP contribution is 2.30. The van der Waals surface area contributed by atoms with Crippen molar-refractivity contribution in [1.29, 1.82) is 0 Å². The molecule has 0 aliphatic carbocycles. The van der Waals surface area contributed by atoms with Crippen LogP contribution in [-0.2, 0) is 4.84 Å². The number of rotatable bonds is 2. The molecule has 1 N–H and O–H groups in total. The van der Waals surface area contributed by atoms with Gasteiger partial charge in [0.25, 0.3) is 0 Å². The van der Waals surface area contributed by atoms with Gasteiger partial charge >= 0.3 is 6.03 Å². The molecule has 144 valence electrons. The van der Waals surface area contributed by atoms with E-state index in [1.165, 1.54) is 5.06 Å². The molecule has 2 amide bonds. The average molecular weight is 383 g/mol. The Kier molecular flexibility index (Phi) is 5.55. The van der Waals surface area contributed by atoms with E-state index >= 15 is 0 Å². The lowest BCUT2D eigenvalue weighted by Crippen LogP contribution is -2.33. The number of hydrogen-bond donors (Lipinski definition) is 1. The van der Waals surface area contributed by atoms with Gasteiger partial charge in [0, 0.05) is 35.1 Å². The summed E-state index contributed by atoms with van der Waals surface area (Å²) in [4.78, 5) is 22.6. The van der Waals surface area contributed by atoms with Crippen molar-refractivity contribution in [3.8, 4) is 11.8 Å². The normalized spacial score (nSPS) is 15.5. The van der Waals surface area contributed by atoms with E-state index in [4.69, 9.17) is 4.84 Å². The van der Waals surface area contributed by atoms with Crippen molar-refractivity contribution in [2.45, 2.75) is 19.4 Å². The molecule has 5 nitrogen and oxygen atoms in total. The number of nitrogens with zero attached hydrogens (tertiary/aromatic N) is 2. The van der Waals surface area contributed by atoms with E-state index in [1.54, 1.807) is 6.20 Å². The van der Waals surface area contributed by atoms with Gasteiger partial charge < -0.3 is 5.32 Å². The highest BCUT2D eigenvalue weighted by Gasteiger charge is 2.31. The minimum atomic E-state index is -0.288. The standard InChI is InChI=1S/C24H21N3O2/c1-18-10-11-20(17-25-18)13-12-19-6-5-9-22(16-19)26-24(28)27-23(14-15-29-27)21-7-3-2-4-8-21/h2-11,16-17,23H,14-15H2,1H3,(H,26,28)/t23-/m0/s1. The predicted molar refractivity (Wildman–Crippen MR) is 112 cm³/mol. The fraction of sp³-hybridized carbons (Fsp3) is 0.167. The molecule has 0 spiro atoms. The summed E-state index contributed by atoms with van der Waals surface area (Å²) in [6.07, 6.45) is 2.52. The maximum absolute atomic E-state index is 12.8. The lowest BCUT2D eigenvalue weighted by Gasteiger charge is -2.23. The third kappa shape index (κ3) is 4.63. The van der Waals surface area contributed by atoms with E-state index in [0.717, 1.165) is 28.8 Å². The second kappa shape index (κ2) is 8.59. The van der Waals surface area contributed by atoms with Gasteiger partial charge in [-0.25, -0.2) is 4.79 Å². The number of benzene rings is 2. The van der Waals surface area contributed by atoms with Crippen LogP contribution in [0, 0.1) is 18.8 Å². The smallest absolute Gasteiger partial charge is 0.306 e. The van der Waals surface area contributed by atoms with Gasteiger partial charge in [0.15, 0.2) is 0 Å². The molecule has 4 rings (SSSR count). The van der Waals surface area contributed by atoms with Crippen LogP contribution in [0.15, 0.2) is 72.9 Å². The zero-order valence-corrected chi connectivity index (χ0v) is 16.1. The topological polar surface area (TPSA) is 54.5 Å². The van der Waals surface area contributed by atoms with E-state index in [2.05, 4.69) is 22.1 Å². The number of aromatic nitrogens is 1. The van der Waals surface area contributed by atoms with Gasteiger partial charge in [-0.15, -0.1) is 0 Å². The van der Waals surface area contributed by atoms with Crippen molar-refractivity contribution in [3.63, 3.8) is 0 Å². The Hall–Kier alpha value is -3.62. The van der Waals surface area contributed by atoms with Crippen molar-refractivity contribution < 1.29 is 9.63 Å². The lowest BCUT2D eigenvalue weighted by molar-refractivity contribution is -0.0829. The number of carbonyl (C=O) groups excluding carboxylic acids is 1. The zero-order chi connectivity index (χ0) is 20.1. The summed E-state index contributed by atoms with van der Waals surface area (Å²) in [6.45, 7) is 2.46. The maximum Gasteiger partial charge on any atom is 0.346 e. The highest BCUT2D eigenvalue weighted by molar-refractivity contribution is 5.89. The molecule has 1 atom stereocenters. The second-order valence-corrected chi connectivity index (χ2v) is 6.82. The number of hydroxylamine groups is 2. The Morgan fingerprint density at radius 1 is 1.07 bits per heavy atom. The summed E-state index contributed by atoms with van der Waals surface area (Å²) in [6, 6.07) is 20.9. The number of hydrogen-bond acceptors (Lipinski definition) is 3. The van der Waals surface area contributed by atoms with Gasteiger partial charge in [0.1, 0.15) is 0 Å². The number of nitrogens with one attached hydrogen (secondary N) is 1. The molecule has 1 aliphatic rings. The van der Waals surface area contributed by atoms with Crippen LogP contribution in [0.5, 0.6) is 0 Å². The molecular formula is C24H21N3O2. The maximum atomic E-state index is 12.8. The summed E-state index contributed by atoms with van der Waals surface area (Å²) in [5, 5.41) is 4.33. The molecule has 0 saturated carbocycles. The quantitative estimate of drug-likeness (QED) is 0.653. The van der Waals surface area contributed by atoms with Crippen LogP contribution in [0.25, 0.3) is 0 Å². The number of pyridine rings is 1. The minimum absolute atomic E-state index is 0.0896. The summed E-state index contributed by atoms with van der Waals surface area (Å²) in [7, 11) is 0. The summed E-state index contributed by atoms with van der Waals surface area (Å²) in [5.74, 6) is 6.20. The van der Waals surface area contributed by atoms with Crippen LogP contribution < -0.4 is 5.32 Å². The van der Waals surface area contributed by atoms with Gasteiger partial charge in [-0.1, -0.05) is 48.2 Å². The fourth-order valence-electron chi connectivity index (χ4n) is 3.19. The molecule has 0 radical (unpaired) electrons. The van der Waals surface area contributed by atoms with E-state index in [9.17, 15) is 4.79 Å². The van der Waals surface area contributed by atoms with Crippen molar-refractivity contribution in [3.05, 3.63) is 95.3 Å². The first-order chi connectivity index (χ1) is 14.2. The first kappa shape index (κ1) is 18.7. The Morgan fingerprint density at radius 3 is 2.69 bits per heavy atom. The molecular weight excluding hydrogens is 362 g/mol. The largest absolute Gasteiger partial charge is 0.346 e. The van der Waals surface area contributed by atoms with Gasteiger partial charge in [0.2, 0.25) is 0 Å². The van der Waals surface area contributed by atoms with E-state index in [-0.39, 0.29) is 12.1 Å². The Bertz CT molecular complexity index is 1050. The van der Waals surface area contributed by atoms with Crippen LogP contribution >= 0.6 is 0 Å². The van der Waals surface area contributed by atoms with Crippen LogP contribution in [0.4, 0.5) is 10.5 Å². The molecule has 2 heterocycles. The van der Waals surface area contributed by atoms with Crippen molar-refractivity contribution in [2.75, 3.05) is 11.9 Å². The van der Waals surface area contributed by atoms with Crippen LogP contribution in [-0.4, -0.2) is 22.7 Å². The van der Waals surface area contributed by atoms with E-state index in [1.807, 2.05) is 73.7 Å². The Labute approximate surface area is 170 Å². The SMILES string of the molecule is Cc1ccc(C#Cc2cccc(NC(=O)N3OCC[C@H]3c3ccccc3)c2)cn1. The molecule has 5 heteroatoms. The first-order valence-corrected chi connectivity index (χ1v) is 9.52. The summed E-state index contributed by atoms with van der Waals surface area (Å²) >= 11 is 0. The molecule has 0 bridgehead atoms. The predicted octanol–water partition coefficient (Wildman–Crippen LogP) is 4.70. The number of amides is 2. The molecule has 1 fully saturated rings. The van der Waals surface area contributed by atoms with Gasteiger partial charge in [0.05, 0.1) is 12.6 Å². The average Bonchev–Trinajstić information content (AvgIpc) is 3.24. The van der Waals surface area contributed by atoms with E-state index < -0.39 is 0 Å². The molecule has 1 aromatic heterocycles. The molecule has 0 unspecified atom stereocenters. The molecule has 2 aromatic carbocycles. The van der Waals surface area contributed by atoms with Gasteiger partial charge in [-0.3, -0.25) is 9.82 Å². The number of anilines is 1. The zero-order valence-electron chi connectivity index (χ0n) is 16.1. The molecule has 3 aromatic rings. The molecule has 1 aliphatic heterocycles.